The van der Waals surface area contributed by atoms with Crippen LogP contribution in [-0.4, -0.2) is 51.0 Å². The highest BCUT2D eigenvalue weighted by atomic mass is 35.5. The van der Waals surface area contributed by atoms with Crippen LogP contribution in [0.3, 0.4) is 0 Å². The van der Waals surface area contributed by atoms with E-state index in [0.29, 0.717) is 37.7 Å². The van der Waals surface area contributed by atoms with Gasteiger partial charge in [0, 0.05) is 36.9 Å². The lowest BCUT2D eigenvalue weighted by molar-refractivity contribution is 0.367. The number of azo groups is 1. The van der Waals surface area contributed by atoms with Crippen LogP contribution >= 0.6 is 11.6 Å². The van der Waals surface area contributed by atoms with Gasteiger partial charge in [0.1, 0.15) is 0 Å². The summed E-state index contributed by atoms with van der Waals surface area (Å²) >= 11 is 5.92. The zero-order valence-corrected chi connectivity index (χ0v) is 15.9. The first-order chi connectivity index (χ1) is 11.8. The molecule has 1 fully saturated rings. The fourth-order valence-corrected chi connectivity index (χ4v) is 4.59. The summed E-state index contributed by atoms with van der Waals surface area (Å²) in [4.78, 5) is 2.16. The molecule has 2 aliphatic rings. The maximum Gasteiger partial charge on any atom is 0.280 e. The Bertz CT molecular complexity index is 781. The number of hydrogen-bond acceptors (Lipinski definition) is 5. The van der Waals surface area contributed by atoms with Crippen molar-refractivity contribution in [3.63, 3.8) is 0 Å². The number of hydrogen-bond donors (Lipinski definition) is 1. The smallest absolute Gasteiger partial charge is 0.280 e. The van der Waals surface area contributed by atoms with E-state index in [9.17, 15) is 8.42 Å². The van der Waals surface area contributed by atoms with Gasteiger partial charge in [-0.05, 0) is 43.7 Å². The fraction of sp³-hybridized carbons (Fsp3) is 0.500. The molecule has 25 heavy (non-hydrogen) atoms. The lowest BCUT2D eigenvalue weighted by Gasteiger charge is -2.37. The molecule has 0 aromatic heterocycles. The van der Waals surface area contributed by atoms with E-state index in [0.717, 1.165) is 11.3 Å². The van der Waals surface area contributed by atoms with Crippen molar-refractivity contribution in [2.24, 2.45) is 10.2 Å². The summed E-state index contributed by atoms with van der Waals surface area (Å²) in [7, 11) is -3.58. The summed E-state index contributed by atoms with van der Waals surface area (Å²) in [5, 5.41) is 8.40. The molecule has 2 aliphatic heterocycles. The molecule has 0 spiro atoms. The first-order valence-corrected chi connectivity index (χ1v) is 9.95. The van der Waals surface area contributed by atoms with E-state index in [1.165, 1.54) is 4.31 Å². The Kier molecular flexibility index (Phi) is 5.15. The summed E-state index contributed by atoms with van der Waals surface area (Å²) in [6.07, 6.45) is 1.63. The molecule has 0 saturated carbocycles. The van der Waals surface area contributed by atoms with E-state index in [1.54, 1.807) is 6.20 Å². The predicted molar refractivity (Wildman–Crippen MR) is 99.2 cm³/mol. The maximum absolute atomic E-state index is 12.7. The van der Waals surface area contributed by atoms with E-state index in [4.69, 9.17) is 11.6 Å². The van der Waals surface area contributed by atoms with Crippen molar-refractivity contribution >= 4 is 27.5 Å². The molecule has 136 valence electrons. The molecular weight excluding hydrogens is 362 g/mol. The van der Waals surface area contributed by atoms with E-state index in [-0.39, 0.29) is 0 Å². The Labute approximate surface area is 153 Å². The normalized spacial score (nSPS) is 19.3. The van der Waals surface area contributed by atoms with E-state index >= 15 is 0 Å². The minimum atomic E-state index is -3.58. The Hall–Kier alpha value is -1.48. The highest BCUT2D eigenvalue weighted by Crippen LogP contribution is 2.23. The fourth-order valence-electron chi connectivity index (χ4n) is 2.92. The van der Waals surface area contributed by atoms with Crippen molar-refractivity contribution in [1.82, 2.24) is 9.03 Å². The number of rotatable bonds is 5. The SMILES string of the molecule is CC(C)(NS(=O)(=O)N1CCN(c2ccc(Cl)cc2)CC1)C1=CN=NC1. The van der Waals surface area contributed by atoms with Crippen LogP contribution in [0.4, 0.5) is 5.69 Å². The van der Waals surface area contributed by atoms with Gasteiger partial charge in [0.05, 0.1) is 18.3 Å². The van der Waals surface area contributed by atoms with Gasteiger partial charge in [0.15, 0.2) is 0 Å². The third kappa shape index (κ3) is 4.20. The summed E-state index contributed by atoms with van der Waals surface area (Å²) in [5.41, 5.74) is 1.19. The zero-order valence-electron chi connectivity index (χ0n) is 14.3. The van der Waals surface area contributed by atoms with Gasteiger partial charge in [-0.3, -0.25) is 0 Å². The molecule has 0 atom stereocenters. The molecule has 1 N–H and O–H groups in total. The molecule has 3 rings (SSSR count). The summed E-state index contributed by atoms with van der Waals surface area (Å²) in [5.74, 6) is 0. The van der Waals surface area contributed by atoms with Gasteiger partial charge in [0.25, 0.3) is 10.2 Å². The van der Waals surface area contributed by atoms with Crippen molar-refractivity contribution in [3.8, 4) is 0 Å². The largest absolute Gasteiger partial charge is 0.369 e. The third-order valence-electron chi connectivity index (χ3n) is 4.49. The van der Waals surface area contributed by atoms with E-state index in [2.05, 4.69) is 19.9 Å². The lowest BCUT2D eigenvalue weighted by atomic mass is 9.97. The number of benzene rings is 1. The maximum atomic E-state index is 12.7. The topological polar surface area (TPSA) is 77.4 Å². The number of nitrogens with one attached hydrogen (secondary N) is 1. The Morgan fingerprint density at radius 3 is 2.32 bits per heavy atom. The molecule has 1 saturated heterocycles. The first-order valence-electron chi connectivity index (χ1n) is 8.14. The van der Waals surface area contributed by atoms with Crippen molar-refractivity contribution < 1.29 is 8.42 Å². The van der Waals surface area contributed by atoms with Crippen LogP contribution in [0, 0.1) is 0 Å². The van der Waals surface area contributed by atoms with Crippen molar-refractivity contribution in [2.45, 2.75) is 19.4 Å². The van der Waals surface area contributed by atoms with Gasteiger partial charge >= 0.3 is 0 Å². The van der Waals surface area contributed by atoms with Crippen LogP contribution in [0.25, 0.3) is 0 Å². The predicted octanol–water partition coefficient (Wildman–Crippen LogP) is 2.42. The molecule has 0 unspecified atom stereocenters. The molecular formula is C16H22ClN5O2S. The van der Waals surface area contributed by atoms with Crippen LogP contribution in [-0.2, 0) is 10.2 Å². The van der Waals surface area contributed by atoms with Gasteiger partial charge in [0.2, 0.25) is 0 Å². The van der Waals surface area contributed by atoms with Crippen LogP contribution in [0.2, 0.25) is 5.02 Å². The van der Waals surface area contributed by atoms with Crippen LogP contribution < -0.4 is 9.62 Å². The molecule has 7 nitrogen and oxygen atoms in total. The molecule has 0 bridgehead atoms. The van der Waals surface area contributed by atoms with Crippen molar-refractivity contribution in [2.75, 3.05) is 37.6 Å². The van der Waals surface area contributed by atoms with Crippen molar-refractivity contribution in [3.05, 3.63) is 41.1 Å². The molecule has 1 aromatic rings. The second-order valence-corrected chi connectivity index (χ2v) is 8.77. The minimum absolute atomic E-state index is 0.430. The van der Waals surface area contributed by atoms with Gasteiger partial charge in [-0.1, -0.05) is 11.6 Å². The average Bonchev–Trinajstić information content (AvgIpc) is 3.10. The third-order valence-corrected chi connectivity index (χ3v) is 6.56. The minimum Gasteiger partial charge on any atom is -0.369 e. The lowest BCUT2D eigenvalue weighted by Crippen LogP contribution is -2.56. The monoisotopic (exact) mass is 383 g/mol. The Morgan fingerprint density at radius 2 is 1.76 bits per heavy atom. The number of halogens is 1. The van der Waals surface area contributed by atoms with E-state index < -0.39 is 15.7 Å². The van der Waals surface area contributed by atoms with Gasteiger partial charge in [-0.2, -0.15) is 27.7 Å². The van der Waals surface area contributed by atoms with Gasteiger partial charge < -0.3 is 4.90 Å². The number of anilines is 1. The quantitative estimate of drug-likeness (QED) is 0.848. The highest BCUT2D eigenvalue weighted by Gasteiger charge is 2.34. The zero-order chi connectivity index (χ0) is 18.1. The Morgan fingerprint density at radius 1 is 1.12 bits per heavy atom. The summed E-state index contributed by atoms with van der Waals surface area (Å²) in [6, 6.07) is 7.59. The summed E-state index contributed by atoms with van der Waals surface area (Å²) < 4.78 is 29.7. The van der Waals surface area contributed by atoms with Gasteiger partial charge in [-0.15, -0.1) is 0 Å². The van der Waals surface area contributed by atoms with E-state index in [1.807, 2.05) is 38.1 Å². The molecule has 9 heteroatoms. The standard InChI is InChI=1S/C16H22ClN5O2S/c1-16(2,13-11-18-19-12-13)20-25(23,24)22-9-7-21(8-10-22)15-5-3-14(17)4-6-15/h3-6,11,20H,7-10,12H2,1-2H3. The Balaban J connectivity index is 1.62. The van der Waals surface area contributed by atoms with Crippen molar-refractivity contribution in [1.29, 1.82) is 0 Å². The van der Waals surface area contributed by atoms with Gasteiger partial charge in [-0.25, -0.2) is 0 Å². The number of nitrogens with zero attached hydrogens (tertiary/aromatic N) is 4. The molecule has 0 aliphatic carbocycles. The molecule has 0 radical (unpaired) electrons. The summed E-state index contributed by atoms with van der Waals surface area (Å²) in [6.45, 7) is 6.23. The second kappa shape index (κ2) is 7.03. The average molecular weight is 384 g/mol. The first kappa shape index (κ1) is 18.3. The molecule has 0 amide bonds. The van der Waals surface area contributed by atoms with Crippen LogP contribution in [0.15, 0.2) is 46.3 Å². The highest BCUT2D eigenvalue weighted by molar-refractivity contribution is 7.87. The molecule has 1 aromatic carbocycles. The molecule has 2 heterocycles. The van der Waals surface area contributed by atoms with Crippen LogP contribution in [0.5, 0.6) is 0 Å². The number of piperazine rings is 1. The van der Waals surface area contributed by atoms with Crippen LogP contribution in [0.1, 0.15) is 13.8 Å². The second-order valence-electron chi connectivity index (χ2n) is 6.66.